The van der Waals surface area contributed by atoms with Crippen molar-refractivity contribution in [1.29, 1.82) is 0 Å². The van der Waals surface area contributed by atoms with E-state index in [1.54, 1.807) is 4.90 Å². The summed E-state index contributed by atoms with van der Waals surface area (Å²) in [6.07, 6.45) is 0.519. The highest BCUT2D eigenvalue weighted by Crippen LogP contribution is 2.28. The standard InChI is InChI=1S/C20H26F3N3O4/c21-20(22,23)17-8-5-15(11-24-17)12-25-18(27)30-16-6-3-14(4-7-16)13-29-19(28)26-9-1-2-10-26/h5,8,11,14,16H,1-4,6-7,9-10,12-13H2,(H,25,27). The van der Waals surface area contributed by atoms with Crippen LogP contribution in [-0.2, 0) is 22.2 Å². The first-order chi connectivity index (χ1) is 14.3. The van der Waals surface area contributed by atoms with Gasteiger partial charge in [0.15, 0.2) is 0 Å². The van der Waals surface area contributed by atoms with Gasteiger partial charge in [0.05, 0.1) is 6.61 Å². The van der Waals surface area contributed by atoms with Crippen molar-refractivity contribution in [2.45, 2.75) is 57.3 Å². The summed E-state index contributed by atoms with van der Waals surface area (Å²) in [7, 11) is 0. The number of hydrogen-bond acceptors (Lipinski definition) is 5. The van der Waals surface area contributed by atoms with Crippen LogP contribution in [0.5, 0.6) is 0 Å². The van der Waals surface area contributed by atoms with Crippen molar-refractivity contribution in [2.75, 3.05) is 19.7 Å². The Morgan fingerprint density at radius 1 is 1.13 bits per heavy atom. The van der Waals surface area contributed by atoms with Crippen molar-refractivity contribution in [3.8, 4) is 0 Å². The van der Waals surface area contributed by atoms with Crippen molar-refractivity contribution in [1.82, 2.24) is 15.2 Å². The lowest BCUT2D eigenvalue weighted by Gasteiger charge is -2.28. The summed E-state index contributed by atoms with van der Waals surface area (Å²) in [5, 5.41) is 2.53. The van der Waals surface area contributed by atoms with E-state index < -0.39 is 18.0 Å². The first-order valence-electron chi connectivity index (χ1n) is 10.2. The molecule has 0 radical (unpaired) electrons. The van der Waals surface area contributed by atoms with Crippen LogP contribution in [0.4, 0.5) is 22.8 Å². The van der Waals surface area contributed by atoms with Crippen LogP contribution in [-0.4, -0.2) is 47.9 Å². The predicted octanol–water partition coefficient (Wildman–Crippen LogP) is 4.12. The van der Waals surface area contributed by atoms with E-state index in [1.807, 2.05) is 0 Å². The van der Waals surface area contributed by atoms with Gasteiger partial charge in [-0.25, -0.2) is 9.59 Å². The Morgan fingerprint density at radius 3 is 2.43 bits per heavy atom. The predicted molar refractivity (Wildman–Crippen MR) is 100 cm³/mol. The smallest absolute Gasteiger partial charge is 0.433 e. The van der Waals surface area contributed by atoms with Crippen molar-refractivity contribution in [3.63, 3.8) is 0 Å². The number of carbonyl (C=O) groups is 2. The van der Waals surface area contributed by atoms with E-state index in [2.05, 4.69) is 10.3 Å². The summed E-state index contributed by atoms with van der Waals surface area (Å²) in [5.41, 5.74) is -0.528. The van der Waals surface area contributed by atoms with Gasteiger partial charge in [-0.1, -0.05) is 6.07 Å². The summed E-state index contributed by atoms with van der Waals surface area (Å²) in [6, 6.07) is 2.14. The molecule has 0 spiro atoms. The molecule has 1 N–H and O–H groups in total. The lowest BCUT2D eigenvalue weighted by molar-refractivity contribution is -0.141. The molecule has 1 aliphatic carbocycles. The molecule has 2 aliphatic rings. The molecule has 1 aromatic rings. The van der Waals surface area contributed by atoms with Gasteiger partial charge in [0.1, 0.15) is 11.8 Å². The van der Waals surface area contributed by atoms with Gasteiger partial charge in [-0.3, -0.25) is 4.98 Å². The number of nitrogens with zero attached hydrogens (tertiary/aromatic N) is 2. The van der Waals surface area contributed by atoms with Crippen LogP contribution in [0.3, 0.4) is 0 Å². The molecule has 30 heavy (non-hydrogen) atoms. The number of ether oxygens (including phenoxy) is 2. The molecule has 0 atom stereocenters. The number of halogens is 3. The Morgan fingerprint density at radius 2 is 1.83 bits per heavy atom. The summed E-state index contributed by atoms with van der Waals surface area (Å²) >= 11 is 0. The minimum atomic E-state index is -4.49. The summed E-state index contributed by atoms with van der Waals surface area (Å²) in [5.74, 6) is 0.262. The molecule has 0 aromatic carbocycles. The molecule has 7 nitrogen and oxygen atoms in total. The van der Waals surface area contributed by atoms with Crippen molar-refractivity contribution >= 4 is 12.2 Å². The maximum Gasteiger partial charge on any atom is 0.433 e. The maximum absolute atomic E-state index is 12.5. The average Bonchev–Trinajstić information content (AvgIpc) is 3.26. The number of hydrogen-bond donors (Lipinski definition) is 1. The molecule has 2 heterocycles. The minimum absolute atomic E-state index is 0.0335. The first kappa shape index (κ1) is 22.2. The SMILES string of the molecule is O=C(NCc1ccc(C(F)(F)F)nc1)OC1CCC(COC(=O)N2CCCC2)CC1. The van der Waals surface area contributed by atoms with E-state index in [4.69, 9.17) is 9.47 Å². The number of alkyl carbamates (subject to hydrolysis) is 1. The molecule has 1 aromatic heterocycles. The molecule has 1 saturated heterocycles. The first-order valence-corrected chi connectivity index (χ1v) is 10.2. The number of aromatic nitrogens is 1. The van der Waals surface area contributed by atoms with Gasteiger partial charge >= 0.3 is 18.4 Å². The minimum Gasteiger partial charge on any atom is -0.449 e. The number of amides is 2. The Balaban J connectivity index is 1.31. The van der Waals surface area contributed by atoms with E-state index >= 15 is 0 Å². The fourth-order valence-corrected chi connectivity index (χ4v) is 3.66. The van der Waals surface area contributed by atoms with E-state index in [-0.39, 0.29) is 24.7 Å². The molecule has 0 unspecified atom stereocenters. The van der Waals surface area contributed by atoms with Crippen molar-refractivity contribution < 1.29 is 32.2 Å². The summed E-state index contributed by atoms with van der Waals surface area (Å²) < 4.78 is 48.3. The number of alkyl halides is 3. The number of pyridine rings is 1. The fraction of sp³-hybridized carbons (Fsp3) is 0.650. The second-order valence-corrected chi connectivity index (χ2v) is 7.72. The topological polar surface area (TPSA) is 80.8 Å². The van der Waals surface area contributed by atoms with Crippen LogP contribution < -0.4 is 5.32 Å². The third-order valence-corrected chi connectivity index (χ3v) is 5.43. The van der Waals surface area contributed by atoms with Gasteiger partial charge in [-0.2, -0.15) is 13.2 Å². The Kier molecular flexibility index (Phi) is 7.38. The molecule has 166 valence electrons. The molecule has 1 saturated carbocycles. The number of carbonyl (C=O) groups excluding carboxylic acids is 2. The van der Waals surface area contributed by atoms with Gasteiger partial charge in [0.2, 0.25) is 0 Å². The Labute approximate surface area is 172 Å². The Hall–Kier alpha value is -2.52. The normalized spacial score (nSPS) is 21.9. The van der Waals surface area contributed by atoms with Gasteiger partial charge < -0.3 is 19.7 Å². The van der Waals surface area contributed by atoms with Crippen LogP contribution in [0.1, 0.15) is 49.8 Å². The van der Waals surface area contributed by atoms with Gasteiger partial charge in [0.25, 0.3) is 0 Å². The van der Waals surface area contributed by atoms with Gasteiger partial charge in [0, 0.05) is 25.8 Å². The third kappa shape index (κ3) is 6.50. The molecule has 2 amide bonds. The number of rotatable bonds is 5. The highest BCUT2D eigenvalue weighted by atomic mass is 19.4. The highest BCUT2D eigenvalue weighted by Gasteiger charge is 2.32. The molecule has 3 rings (SSSR count). The lowest BCUT2D eigenvalue weighted by atomic mass is 9.88. The van der Waals surface area contributed by atoms with Crippen LogP contribution in [0.15, 0.2) is 18.3 Å². The zero-order chi connectivity index (χ0) is 21.6. The van der Waals surface area contributed by atoms with E-state index in [1.165, 1.54) is 6.07 Å². The second-order valence-electron chi connectivity index (χ2n) is 7.72. The molecular formula is C20H26F3N3O4. The van der Waals surface area contributed by atoms with Gasteiger partial charge in [-0.05, 0) is 56.1 Å². The van der Waals surface area contributed by atoms with E-state index in [9.17, 15) is 22.8 Å². The largest absolute Gasteiger partial charge is 0.449 e. The monoisotopic (exact) mass is 429 g/mol. The van der Waals surface area contributed by atoms with Crippen molar-refractivity contribution in [2.24, 2.45) is 5.92 Å². The Bertz CT molecular complexity index is 713. The van der Waals surface area contributed by atoms with E-state index in [0.29, 0.717) is 25.0 Å². The molecule has 10 heteroatoms. The number of nitrogens with one attached hydrogen (secondary N) is 1. The highest BCUT2D eigenvalue weighted by molar-refractivity contribution is 5.68. The molecular weight excluding hydrogens is 403 g/mol. The summed E-state index contributed by atoms with van der Waals surface area (Å²) in [4.78, 5) is 28.9. The molecule has 1 aliphatic heterocycles. The van der Waals surface area contributed by atoms with Gasteiger partial charge in [-0.15, -0.1) is 0 Å². The zero-order valence-electron chi connectivity index (χ0n) is 16.6. The quantitative estimate of drug-likeness (QED) is 0.762. The molecule has 0 bridgehead atoms. The zero-order valence-corrected chi connectivity index (χ0v) is 16.6. The lowest BCUT2D eigenvalue weighted by Crippen LogP contribution is -2.33. The third-order valence-electron chi connectivity index (χ3n) is 5.43. The maximum atomic E-state index is 12.5. The number of likely N-dealkylation sites (tertiary alicyclic amines) is 1. The van der Waals surface area contributed by atoms with E-state index in [0.717, 1.165) is 51.0 Å². The molecule has 2 fully saturated rings. The average molecular weight is 429 g/mol. The van der Waals surface area contributed by atoms with Crippen LogP contribution in [0, 0.1) is 5.92 Å². The van der Waals surface area contributed by atoms with Crippen LogP contribution in [0.2, 0.25) is 0 Å². The van der Waals surface area contributed by atoms with Crippen LogP contribution >= 0.6 is 0 Å². The summed E-state index contributed by atoms with van der Waals surface area (Å²) in [6.45, 7) is 1.94. The van der Waals surface area contributed by atoms with Crippen LogP contribution in [0.25, 0.3) is 0 Å². The second kappa shape index (κ2) is 9.99. The fourth-order valence-electron chi connectivity index (χ4n) is 3.66. The van der Waals surface area contributed by atoms with Crippen molar-refractivity contribution in [3.05, 3.63) is 29.6 Å².